The third-order valence-electron chi connectivity index (χ3n) is 2.98. The summed E-state index contributed by atoms with van der Waals surface area (Å²) in [5.74, 6) is -0.141. The van der Waals surface area contributed by atoms with Crippen LogP contribution in [0.3, 0.4) is 0 Å². The molecule has 0 bridgehead atoms. The molecule has 0 aromatic rings. The van der Waals surface area contributed by atoms with Gasteiger partial charge >= 0.3 is 0 Å². The van der Waals surface area contributed by atoms with Crippen LogP contribution in [0.4, 0.5) is 0 Å². The van der Waals surface area contributed by atoms with E-state index in [9.17, 15) is 9.59 Å². The van der Waals surface area contributed by atoms with Crippen LogP contribution >= 0.6 is 15.9 Å². The second-order valence-electron chi connectivity index (χ2n) is 4.52. The van der Waals surface area contributed by atoms with E-state index in [1.165, 1.54) is 0 Å². The molecule has 0 aromatic heterocycles. The van der Waals surface area contributed by atoms with Crippen LogP contribution in [0.2, 0.25) is 0 Å². The number of alkyl halides is 1. The number of carbonyl (C=O) groups is 2. The SMILES string of the molecule is CC(Br)C(=O)N1CCOCC1C(=O)NC1CC1. The summed E-state index contributed by atoms with van der Waals surface area (Å²) >= 11 is 3.25. The molecule has 5 nitrogen and oxygen atoms in total. The lowest BCUT2D eigenvalue weighted by molar-refractivity contribution is -0.147. The summed E-state index contributed by atoms with van der Waals surface area (Å²) in [4.78, 5) is 25.3. The van der Waals surface area contributed by atoms with Crippen LogP contribution in [0.1, 0.15) is 19.8 Å². The summed E-state index contributed by atoms with van der Waals surface area (Å²) < 4.78 is 5.30. The molecule has 2 aliphatic rings. The summed E-state index contributed by atoms with van der Waals surface area (Å²) in [6.07, 6.45) is 2.09. The first kappa shape index (κ1) is 12.8. The average Bonchev–Trinajstić information content (AvgIpc) is 3.11. The number of amides is 2. The maximum absolute atomic E-state index is 12.0. The molecule has 0 spiro atoms. The first-order chi connectivity index (χ1) is 8.09. The topological polar surface area (TPSA) is 58.6 Å². The lowest BCUT2D eigenvalue weighted by Crippen LogP contribution is -2.57. The fourth-order valence-corrected chi connectivity index (χ4v) is 2.10. The highest BCUT2D eigenvalue weighted by molar-refractivity contribution is 9.10. The van der Waals surface area contributed by atoms with Crippen molar-refractivity contribution in [3.63, 3.8) is 0 Å². The molecule has 2 rings (SSSR count). The minimum Gasteiger partial charge on any atom is -0.377 e. The van der Waals surface area contributed by atoms with E-state index in [1.807, 2.05) is 0 Å². The van der Waals surface area contributed by atoms with Gasteiger partial charge in [-0.1, -0.05) is 15.9 Å². The Kier molecular flexibility index (Phi) is 4.04. The number of morpholine rings is 1. The van der Waals surface area contributed by atoms with Gasteiger partial charge in [-0.3, -0.25) is 9.59 Å². The molecule has 0 aromatic carbocycles. The van der Waals surface area contributed by atoms with Crippen molar-refractivity contribution >= 4 is 27.7 Å². The first-order valence-electron chi connectivity index (χ1n) is 5.92. The van der Waals surface area contributed by atoms with E-state index in [0.717, 1.165) is 12.8 Å². The molecule has 2 atom stereocenters. The molecule has 2 amide bonds. The van der Waals surface area contributed by atoms with Crippen molar-refractivity contribution in [2.75, 3.05) is 19.8 Å². The van der Waals surface area contributed by atoms with Gasteiger partial charge in [-0.15, -0.1) is 0 Å². The van der Waals surface area contributed by atoms with E-state index >= 15 is 0 Å². The number of rotatable bonds is 3. The van der Waals surface area contributed by atoms with Gasteiger partial charge < -0.3 is 15.0 Å². The van der Waals surface area contributed by atoms with E-state index in [4.69, 9.17) is 4.74 Å². The van der Waals surface area contributed by atoms with Crippen molar-refractivity contribution < 1.29 is 14.3 Å². The van der Waals surface area contributed by atoms with E-state index < -0.39 is 6.04 Å². The lowest BCUT2D eigenvalue weighted by Gasteiger charge is -2.35. The first-order valence-corrected chi connectivity index (χ1v) is 6.84. The van der Waals surface area contributed by atoms with Gasteiger partial charge in [-0.25, -0.2) is 0 Å². The summed E-state index contributed by atoms with van der Waals surface area (Å²) in [6.45, 7) is 3.05. The Labute approximate surface area is 109 Å². The van der Waals surface area contributed by atoms with Crippen molar-refractivity contribution in [2.45, 2.75) is 36.7 Å². The number of nitrogens with zero attached hydrogens (tertiary/aromatic N) is 1. The van der Waals surface area contributed by atoms with Gasteiger partial charge in [-0.2, -0.15) is 0 Å². The number of halogens is 1. The Hall–Kier alpha value is -0.620. The predicted octanol–water partition coefficient (Wildman–Crippen LogP) is 0.276. The number of nitrogens with one attached hydrogen (secondary N) is 1. The normalized spacial score (nSPS) is 26.5. The van der Waals surface area contributed by atoms with Crippen LogP contribution in [0.5, 0.6) is 0 Å². The van der Waals surface area contributed by atoms with Crippen LogP contribution in [0.15, 0.2) is 0 Å². The van der Waals surface area contributed by atoms with Gasteiger partial charge in [0.1, 0.15) is 6.04 Å². The average molecular weight is 305 g/mol. The van der Waals surface area contributed by atoms with Gasteiger partial charge in [0.25, 0.3) is 0 Å². The molecule has 6 heteroatoms. The summed E-state index contributed by atoms with van der Waals surface area (Å²) in [5, 5.41) is 2.92. The monoisotopic (exact) mass is 304 g/mol. The zero-order chi connectivity index (χ0) is 12.4. The second-order valence-corrected chi connectivity index (χ2v) is 5.89. The number of hydrogen-bond donors (Lipinski definition) is 1. The lowest BCUT2D eigenvalue weighted by atomic mass is 10.2. The smallest absolute Gasteiger partial charge is 0.245 e. The van der Waals surface area contributed by atoms with E-state index in [1.54, 1.807) is 11.8 Å². The molecular weight excluding hydrogens is 288 g/mol. The predicted molar refractivity (Wildman–Crippen MR) is 65.9 cm³/mol. The number of hydrogen-bond acceptors (Lipinski definition) is 3. The third kappa shape index (κ3) is 3.19. The molecule has 17 heavy (non-hydrogen) atoms. The Morgan fingerprint density at radius 1 is 1.47 bits per heavy atom. The van der Waals surface area contributed by atoms with Crippen LogP contribution in [0, 0.1) is 0 Å². The van der Waals surface area contributed by atoms with Crippen molar-refractivity contribution in [2.24, 2.45) is 0 Å². The molecule has 1 aliphatic carbocycles. The minimum absolute atomic E-state index is 0.0516. The fourth-order valence-electron chi connectivity index (χ4n) is 1.84. The van der Waals surface area contributed by atoms with Crippen molar-refractivity contribution in [1.29, 1.82) is 0 Å². The van der Waals surface area contributed by atoms with Crippen LogP contribution in [-0.4, -0.2) is 53.4 Å². The van der Waals surface area contributed by atoms with Gasteiger partial charge in [0.2, 0.25) is 11.8 Å². The Bertz CT molecular complexity index is 318. The van der Waals surface area contributed by atoms with Crippen molar-refractivity contribution in [3.05, 3.63) is 0 Å². The summed E-state index contributed by atoms with van der Waals surface area (Å²) in [6, 6.07) is -0.167. The van der Waals surface area contributed by atoms with Crippen LogP contribution in [0.25, 0.3) is 0 Å². The zero-order valence-electron chi connectivity index (χ0n) is 9.82. The molecule has 2 unspecified atom stereocenters. The molecule has 1 saturated carbocycles. The minimum atomic E-state index is -0.475. The maximum Gasteiger partial charge on any atom is 0.245 e. The maximum atomic E-state index is 12.0. The van der Waals surface area contributed by atoms with Gasteiger partial charge in [0, 0.05) is 12.6 Å². The Morgan fingerprint density at radius 3 is 2.76 bits per heavy atom. The molecule has 1 N–H and O–H groups in total. The number of ether oxygens (including phenoxy) is 1. The van der Waals surface area contributed by atoms with E-state index in [2.05, 4.69) is 21.2 Å². The Balaban J connectivity index is 2.00. The van der Waals surface area contributed by atoms with Gasteiger partial charge in [0.15, 0.2) is 0 Å². The van der Waals surface area contributed by atoms with E-state index in [0.29, 0.717) is 25.8 Å². The van der Waals surface area contributed by atoms with Crippen molar-refractivity contribution in [1.82, 2.24) is 10.2 Å². The fraction of sp³-hybridized carbons (Fsp3) is 0.818. The molecule has 2 fully saturated rings. The van der Waals surface area contributed by atoms with Gasteiger partial charge in [0.05, 0.1) is 18.0 Å². The largest absolute Gasteiger partial charge is 0.377 e. The summed E-state index contributed by atoms with van der Waals surface area (Å²) in [7, 11) is 0. The quantitative estimate of drug-likeness (QED) is 0.762. The summed E-state index contributed by atoms with van der Waals surface area (Å²) in [5.41, 5.74) is 0. The second kappa shape index (κ2) is 5.35. The van der Waals surface area contributed by atoms with E-state index in [-0.39, 0.29) is 16.6 Å². The Morgan fingerprint density at radius 2 is 2.18 bits per heavy atom. The molecule has 1 saturated heterocycles. The molecule has 96 valence electrons. The van der Waals surface area contributed by atoms with Crippen LogP contribution < -0.4 is 5.32 Å². The third-order valence-corrected chi connectivity index (χ3v) is 3.37. The highest BCUT2D eigenvalue weighted by atomic mass is 79.9. The molecule has 0 radical (unpaired) electrons. The molecular formula is C11H17BrN2O3. The van der Waals surface area contributed by atoms with Crippen LogP contribution in [-0.2, 0) is 14.3 Å². The molecule has 1 heterocycles. The zero-order valence-corrected chi connectivity index (χ0v) is 11.4. The number of carbonyl (C=O) groups excluding carboxylic acids is 2. The van der Waals surface area contributed by atoms with Gasteiger partial charge in [-0.05, 0) is 19.8 Å². The molecule has 1 aliphatic heterocycles. The highest BCUT2D eigenvalue weighted by Gasteiger charge is 2.36. The highest BCUT2D eigenvalue weighted by Crippen LogP contribution is 2.20. The van der Waals surface area contributed by atoms with Crippen molar-refractivity contribution in [3.8, 4) is 0 Å². The standard InChI is InChI=1S/C11H17BrN2O3/c1-7(12)11(16)14-4-5-17-6-9(14)10(15)13-8-2-3-8/h7-9H,2-6H2,1H3,(H,13,15).